The number of fused-ring (bicyclic) bond motifs is 1. The molecule has 0 aromatic carbocycles. The Hall–Kier alpha value is -2.63. The summed E-state index contributed by atoms with van der Waals surface area (Å²) in [6.45, 7) is 3.70. The van der Waals surface area contributed by atoms with Crippen molar-refractivity contribution in [3.8, 4) is 11.3 Å². The van der Waals surface area contributed by atoms with Crippen molar-refractivity contribution in [3.05, 3.63) is 24.7 Å². The highest BCUT2D eigenvalue weighted by Gasteiger charge is 2.12. The van der Waals surface area contributed by atoms with Gasteiger partial charge in [0.2, 0.25) is 5.95 Å². The van der Waals surface area contributed by atoms with Crippen LogP contribution in [0.3, 0.4) is 0 Å². The van der Waals surface area contributed by atoms with Gasteiger partial charge in [-0.1, -0.05) is 6.42 Å². The fraction of sp³-hybridized carbons (Fsp3) is 0.500. The zero-order valence-electron chi connectivity index (χ0n) is 18.3. The van der Waals surface area contributed by atoms with E-state index < -0.39 is 11.0 Å². The fourth-order valence-corrected chi connectivity index (χ4v) is 3.92. The molecule has 3 aromatic heterocycles. The molecule has 3 aromatic rings. The first-order chi connectivity index (χ1) is 14.9. The molecule has 4 heterocycles. The SMILES string of the molecule is CN(C)CCNc1ncc(-c2cnc3[nH]ccc3n2)c(N)n1.CS(=O)N1CCCCC1. The number of H-pyrrole nitrogens is 1. The lowest BCUT2D eigenvalue weighted by atomic mass is 10.2. The number of hydrogen-bond donors (Lipinski definition) is 3. The second-order valence-electron chi connectivity index (χ2n) is 7.60. The highest BCUT2D eigenvalue weighted by atomic mass is 32.2. The van der Waals surface area contributed by atoms with Gasteiger partial charge < -0.3 is 20.9 Å². The van der Waals surface area contributed by atoms with Gasteiger partial charge in [-0.15, -0.1) is 0 Å². The van der Waals surface area contributed by atoms with Gasteiger partial charge in [0, 0.05) is 44.8 Å². The van der Waals surface area contributed by atoms with Crippen LogP contribution in [0.1, 0.15) is 19.3 Å². The van der Waals surface area contributed by atoms with E-state index in [-0.39, 0.29) is 0 Å². The maximum Gasteiger partial charge on any atom is 0.224 e. The normalized spacial score (nSPS) is 15.5. The standard InChI is InChI=1S/C14H18N8.C6H13NOS/c1-22(2)6-5-17-14-19-7-9(12(15)21-14)11-8-18-13-10(20-11)3-4-16-13;1-9(8)7-5-3-2-4-6-7/h3-4,7-8H,5-6H2,1-2H3,(H,16,18)(H3,15,17,19,21);2-6H2,1H3. The number of anilines is 2. The summed E-state index contributed by atoms with van der Waals surface area (Å²) in [6, 6.07) is 1.86. The number of piperidine rings is 1. The van der Waals surface area contributed by atoms with Crippen LogP contribution in [0.15, 0.2) is 24.7 Å². The summed E-state index contributed by atoms with van der Waals surface area (Å²) in [5, 5.41) is 3.14. The van der Waals surface area contributed by atoms with Crippen molar-refractivity contribution < 1.29 is 4.21 Å². The van der Waals surface area contributed by atoms with Crippen molar-refractivity contribution in [1.29, 1.82) is 0 Å². The molecule has 168 valence electrons. The van der Waals surface area contributed by atoms with Crippen molar-refractivity contribution >= 4 is 33.9 Å². The maximum absolute atomic E-state index is 10.8. The molecule has 4 rings (SSSR count). The Morgan fingerprint density at radius 2 is 1.97 bits per heavy atom. The quantitative estimate of drug-likeness (QED) is 0.523. The Kier molecular flexibility index (Phi) is 8.27. The van der Waals surface area contributed by atoms with Gasteiger partial charge in [-0.2, -0.15) is 4.98 Å². The van der Waals surface area contributed by atoms with Crippen LogP contribution in [0, 0.1) is 0 Å². The molecular formula is C20H31N9OS. The minimum absolute atomic E-state index is 0.381. The lowest BCUT2D eigenvalue weighted by Crippen LogP contribution is -2.30. The molecule has 10 nitrogen and oxygen atoms in total. The molecular weight excluding hydrogens is 414 g/mol. The molecule has 1 saturated heterocycles. The number of rotatable bonds is 6. The Morgan fingerprint density at radius 3 is 2.61 bits per heavy atom. The minimum Gasteiger partial charge on any atom is -0.383 e. The number of aromatic nitrogens is 5. The zero-order valence-corrected chi connectivity index (χ0v) is 19.2. The number of nitrogens with one attached hydrogen (secondary N) is 2. The van der Waals surface area contributed by atoms with Crippen molar-refractivity contribution in [2.45, 2.75) is 19.3 Å². The first kappa shape index (κ1) is 23.0. The van der Waals surface area contributed by atoms with Crippen LogP contribution in [0.2, 0.25) is 0 Å². The molecule has 0 radical (unpaired) electrons. The fourth-order valence-electron chi connectivity index (χ4n) is 3.15. The van der Waals surface area contributed by atoms with Crippen LogP contribution >= 0.6 is 0 Å². The number of nitrogens with zero attached hydrogens (tertiary/aromatic N) is 6. The Bertz CT molecular complexity index is 1000. The molecule has 1 unspecified atom stereocenters. The van der Waals surface area contributed by atoms with E-state index in [0.29, 0.717) is 23.0 Å². The van der Waals surface area contributed by atoms with E-state index in [2.05, 4.69) is 35.1 Å². The van der Waals surface area contributed by atoms with Gasteiger partial charge in [0.15, 0.2) is 5.65 Å². The van der Waals surface area contributed by atoms with Crippen LogP contribution in [0.4, 0.5) is 11.8 Å². The van der Waals surface area contributed by atoms with Crippen LogP contribution in [0.25, 0.3) is 22.4 Å². The first-order valence-electron chi connectivity index (χ1n) is 10.3. The number of aromatic amines is 1. The van der Waals surface area contributed by atoms with E-state index in [1.807, 2.05) is 24.5 Å². The van der Waals surface area contributed by atoms with Gasteiger partial charge in [-0.05, 0) is 33.0 Å². The van der Waals surface area contributed by atoms with E-state index in [9.17, 15) is 4.21 Å². The summed E-state index contributed by atoms with van der Waals surface area (Å²) >= 11 is 0. The van der Waals surface area contributed by atoms with Crippen molar-refractivity contribution in [2.24, 2.45) is 0 Å². The van der Waals surface area contributed by atoms with Crippen LogP contribution in [-0.4, -0.2) is 84.9 Å². The molecule has 0 spiro atoms. The van der Waals surface area contributed by atoms with Crippen molar-refractivity contribution in [1.82, 2.24) is 34.1 Å². The molecule has 0 amide bonds. The van der Waals surface area contributed by atoms with Crippen LogP contribution in [0.5, 0.6) is 0 Å². The van der Waals surface area contributed by atoms with E-state index in [0.717, 1.165) is 37.3 Å². The number of likely N-dealkylation sites (N-methyl/N-ethyl adjacent to an activating group) is 1. The van der Waals surface area contributed by atoms with Gasteiger partial charge in [0.1, 0.15) is 11.3 Å². The summed E-state index contributed by atoms with van der Waals surface area (Å²) in [7, 11) is 3.30. The predicted octanol–water partition coefficient (Wildman–Crippen LogP) is 1.74. The highest BCUT2D eigenvalue weighted by Crippen LogP contribution is 2.23. The average molecular weight is 446 g/mol. The van der Waals surface area contributed by atoms with E-state index in [1.165, 1.54) is 19.3 Å². The number of nitrogens with two attached hydrogens (primary N) is 1. The smallest absolute Gasteiger partial charge is 0.224 e. The molecule has 1 atom stereocenters. The molecule has 1 aliphatic rings. The molecule has 0 aliphatic carbocycles. The second-order valence-corrected chi connectivity index (χ2v) is 8.97. The largest absolute Gasteiger partial charge is 0.383 e. The van der Waals surface area contributed by atoms with E-state index in [1.54, 1.807) is 24.8 Å². The summed E-state index contributed by atoms with van der Waals surface area (Å²) in [4.78, 5) is 22.4. The number of hydrogen-bond acceptors (Lipinski definition) is 8. The van der Waals surface area contributed by atoms with Crippen LogP contribution < -0.4 is 11.1 Å². The van der Waals surface area contributed by atoms with Crippen molar-refractivity contribution in [2.75, 3.05) is 57.6 Å². The minimum atomic E-state index is -0.719. The Morgan fingerprint density at radius 1 is 1.19 bits per heavy atom. The van der Waals surface area contributed by atoms with E-state index >= 15 is 0 Å². The molecule has 11 heteroatoms. The van der Waals surface area contributed by atoms with Gasteiger partial charge in [0.25, 0.3) is 0 Å². The monoisotopic (exact) mass is 445 g/mol. The summed E-state index contributed by atoms with van der Waals surface area (Å²) in [5.74, 6) is 0.894. The third-order valence-corrected chi connectivity index (χ3v) is 5.97. The van der Waals surface area contributed by atoms with Gasteiger partial charge in [-0.3, -0.25) is 0 Å². The van der Waals surface area contributed by atoms with Gasteiger partial charge >= 0.3 is 0 Å². The van der Waals surface area contributed by atoms with Crippen molar-refractivity contribution in [3.63, 3.8) is 0 Å². The summed E-state index contributed by atoms with van der Waals surface area (Å²) < 4.78 is 12.9. The highest BCUT2D eigenvalue weighted by molar-refractivity contribution is 7.81. The van der Waals surface area contributed by atoms with E-state index in [4.69, 9.17) is 5.73 Å². The average Bonchev–Trinajstić information content (AvgIpc) is 3.22. The molecule has 0 bridgehead atoms. The lowest BCUT2D eigenvalue weighted by Gasteiger charge is -2.22. The maximum atomic E-state index is 10.8. The zero-order chi connectivity index (χ0) is 22.2. The molecule has 1 fully saturated rings. The Labute approximate surface area is 185 Å². The Balaban J connectivity index is 0.000000254. The first-order valence-corrected chi connectivity index (χ1v) is 11.9. The molecule has 31 heavy (non-hydrogen) atoms. The summed E-state index contributed by atoms with van der Waals surface area (Å²) in [6.07, 6.45) is 10.6. The second kappa shape index (κ2) is 11.1. The molecule has 0 saturated carbocycles. The third-order valence-electron chi connectivity index (χ3n) is 4.88. The van der Waals surface area contributed by atoms with Gasteiger partial charge in [0.05, 0.1) is 28.4 Å². The van der Waals surface area contributed by atoms with Gasteiger partial charge in [-0.25, -0.2) is 23.5 Å². The number of nitrogen functional groups attached to an aromatic ring is 1. The molecule has 4 N–H and O–H groups in total. The molecule has 1 aliphatic heterocycles. The summed E-state index contributed by atoms with van der Waals surface area (Å²) in [5.41, 5.74) is 8.88. The third kappa shape index (κ3) is 6.68. The topological polar surface area (TPSA) is 129 Å². The van der Waals surface area contributed by atoms with Crippen LogP contribution in [-0.2, 0) is 11.0 Å². The lowest BCUT2D eigenvalue weighted by molar-refractivity contribution is 0.367. The predicted molar refractivity (Wildman–Crippen MR) is 126 cm³/mol.